The van der Waals surface area contributed by atoms with E-state index in [4.69, 9.17) is 9.47 Å². The third-order valence-electron chi connectivity index (χ3n) is 5.90. The van der Waals surface area contributed by atoms with Crippen molar-refractivity contribution in [2.24, 2.45) is 17.3 Å². The first-order chi connectivity index (χ1) is 11.8. The van der Waals surface area contributed by atoms with Gasteiger partial charge in [0, 0.05) is 6.42 Å². The molecule has 4 saturated carbocycles. The third-order valence-corrected chi connectivity index (χ3v) is 5.90. The van der Waals surface area contributed by atoms with Crippen LogP contribution in [0.3, 0.4) is 0 Å². The molecular formula is C17H17F4NO3. The van der Waals surface area contributed by atoms with Gasteiger partial charge in [-0.3, -0.25) is 4.79 Å². The summed E-state index contributed by atoms with van der Waals surface area (Å²) in [6.07, 6.45) is 3.41. The number of ether oxygens (including phenoxy) is 2. The van der Waals surface area contributed by atoms with E-state index in [0.29, 0.717) is 25.7 Å². The zero-order valence-electron chi connectivity index (χ0n) is 13.6. The van der Waals surface area contributed by atoms with Gasteiger partial charge in [-0.15, -0.1) is 0 Å². The molecule has 1 aromatic heterocycles. The van der Waals surface area contributed by atoms with Crippen LogP contribution in [0.5, 0.6) is 5.75 Å². The molecule has 5 rings (SSSR count). The van der Waals surface area contributed by atoms with Crippen molar-refractivity contribution in [3.8, 4) is 5.75 Å². The summed E-state index contributed by atoms with van der Waals surface area (Å²) in [5.74, 6) is -7.94. The van der Waals surface area contributed by atoms with Crippen LogP contribution in [0, 0.1) is 40.8 Å². The second-order valence-corrected chi connectivity index (χ2v) is 7.67. The van der Waals surface area contributed by atoms with E-state index < -0.39 is 40.3 Å². The van der Waals surface area contributed by atoms with E-state index >= 15 is 0 Å². The Morgan fingerprint density at radius 1 is 1.04 bits per heavy atom. The monoisotopic (exact) mass is 359 g/mol. The van der Waals surface area contributed by atoms with Crippen molar-refractivity contribution in [1.29, 1.82) is 0 Å². The van der Waals surface area contributed by atoms with E-state index in [9.17, 15) is 22.4 Å². The molecule has 2 atom stereocenters. The van der Waals surface area contributed by atoms with Gasteiger partial charge in [0.15, 0.2) is 0 Å². The lowest BCUT2D eigenvalue weighted by Crippen LogP contribution is -2.60. The van der Waals surface area contributed by atoms with Crippen molar-refractivity contribution in [3.63, 3.8) is 0 Å². The molecule has 1 aromatic rings. The number of aromatic nitrogens is 1. The van der Waals surface area contributed by atoms with Crippen LogP contribution in [0.2, 0.25) is 0 Å². The third kappa shape index (κ3) is 2.40. The second kappa shape index (κ2) is 5.32. The number of esters is 1. The summed E-state index contributed by atoms with van der Waals surface area (Å²) in [4.78, 5) is 14.9. The van der Waals surface area contributed by atoms with Gasteiger partial charge < -0.3 is 9.47 Å². The highest BCUT2D eigenvalue weighted by molar-refractivity contribution is 5.77. The van der Waals surface area contributed by atoms with Gasteiger partial charge in [0.2, 0.25) is 17.4 Å². The summed E-state index contributed by atoms with van der Waals surface area (Å²) in [5.41, 5.74) is -1.78. The first-order valence-corrected chi connectivity index (χ1v) is 8.25. The van der Waals surface area contributed by atoms with Crippen molar-refractivity contribution >= 4 is 5.97 Å². The highest BCUT2D eigenvalue weighted by Crippen LogP contribution is 2.63. The minimum Gasteiger partial charge on any atom is -0.481 e. The number of halogens is 4. The van der Waals surface area contributed by atoms with Crippen LogP contribution < -0.4 is 4.74 Å². The number of carbonyl (C=O) groups excluding carboxylic acids is 1. The van der Waals surface area contributed by atoms with Gasteiger partial charge in [-0.05, 0) is 43.9 Å². The van der Waals surface area contributed by atoms with Crippen molar-refractivity contribution in [3.05, 3.63) is 23.5 Å². The number of hydrogen-bond acceptors (Lipinski definition) is 4. The molecule has 136 valence electrons. The highest BCUT2D eigenvalue weighted by Gasteiger charge is 2.62. The summed E-state index contributed by atoms with van der Waals surface area (Å²) in [6, 6.07) is 0. The number of hydrogen-bond donors (Lipinski definition) is 0. The molecule has 1 heterocycles. The van der Waals surface area contributed by atoms with Crippen LogP contribution in [0.4, 0.5) is 17.6 Å². The summed E-state index contributed by atoms with van der Waals surface area (Å²) >= 11 is 0. The van der Waals surface area contributed by atoms with Gasteiger partial charge in [-0.2, -0.15) is 22.5 Å². The second-order valence-electron chi connectivity index (χ2n) is 7.67. The Morgan fingerprint density at radius 2 is 1.60 bits per heavy atom. The largest absolute Gasteiger partial charge is 0.481 e. The van der Waals surface area contributed by atoms with E-state index in [1.165, 1.54) is 7.11 Å². The van der Waals surface area contributed by atoms with E-state index in [1.54, 1.807) is 0 Å². The van der Waals surface area contributed by atoms with Crippen molar-refractivity contribution in [2.45, 2.75) is 44.1 Å². The minimum absolute atomic E-state index is 0.156. The molecule has 0 radical (unpaired) electrons. The summed E-state index contributed by atoms with van der Waals surface area (Å²) in [7, 11) is 1.31. The first-order valence-electron chi connectivity index (χ1n) is 8.25. The fourth-order valence-electron chi connectivity index (χ4n) is 5.53. The van der Waals surface area contributed by atoms with Gasteiger partial charge in [-0.25, -0.2) is 0 Å². The van der Waals surface area contributed by atoms with E-state index in [1.807, 2.05) is 0 Å². The molecule has 4 fully saturated rings. The molecule has 25 heavy (non-hydrogen) atoms. The molecule has 4 aliphatic rings. The summed E-state index contributed by atoms with van der Waals surface area (Å²) in [5, 5.41) is 0. The van der Waals surface area contributed by atoms with Crippen LogP contribution in [0.1, 0.15) is 38.5 Å². The van der Waals surface area contributed by atoms with E-state index in [0.717, 1.165) is 6.42 Å². The predicted octanol–water partition coefficient (Wildman–Crippen LogP) is 3.53. The molecule has 2 unspecified atom stereocenters. The highest BCUT2D eigenvalue weighted by atomic mass is 19.2. The Balaban J connectivity index is 1.73. The SMILES string of the molecule is COC(=O)C12CC3CC(CC(Oc4c(F)c(F)nc(F)c4F)(C3)C1)C2. The zero-order chi connectivity index (χ0) is 18.0. The van der Waals surface area contributed by atoms with Crippen molar-refractivity contribution in [1.82, 2.24) is 4.98 Å². The molecule has 4 aliphatic carbocycles. The maximum Gasteiger partial charge on any atom is 0.311 e. The van der Waals surface area contributed by atoms with Crippen LogP contribution in [-0.4, -0.2) is 23.7 Å². The molecule has 0 aliphatic heterocycles. The molecule has 0 saturated heterocycles. The summed E-state index contributed by atoms with van der Waals surface area (Å²) < 4.78 is 65.3. The zero-order valence-corrected chi connectivity index (χ0v) is 13.6. The van der Waals surface area contributed by atoms with Crippen molar-refractivity contribution in [2.75, 3.05) is 7.11 Å². The Hall–Kier alpha value is -1.86. The number of nitrogens with zero attached hydrogens (tertiary/aromatic N) is 1. The topological polar surface area (TPSA) is 48.4 Å². The van der Waals surface area contributed by atoms with Crippen molar-refractivity contribution < 1.29 is 31.8 Å². The number of methoxy groups -OCH3 is 1. The average molecular weight is 359 g/mol. The molecule has 8 heteroatoms. The Kier molecular flexibility index (Phi) is 3.53. The standard InChI is InChI=1S/C17H17F4NO3/c1-24-15(23)16-3-8-2-9(4-16)6-17(5-8,7-16)25-12-10(18)13(20)22-14(21)11(12)19/h8-9H,2-7H2,1H3. The van der Waals surface area contributed by atoms with E-state index in [-0.39, 0.29) is 24.2 Å². The molecule has 4 bridgehead atoms. The van der Waals surface area contributed by atoms with Gasteiger partial charge in [0.25, 0.3) is 11.9 Å². The fraction of sp³-hybridized carbons (Fsp3) is 0.647. The normalized spacial score (nSPS) is 35.7. The Bertz CT molecular complexity index is 714. The Morgan fingerprint density at radius 3 is 2.12 bits per heavy atom. The fourth-order valence-corrected chi connectivity index (χ4v) is 5.53. The van der Waals surface area contributed by atoms with Crippen LogP contribution in [0.25, 0.3) is 0 Å². The number of rotatable bonds is 3. The first kappa shape index (κ1) is 16.6. The number of carbonyl (C=O) groups is 1. The number of pyridine rings is 1. The maximum absolute atomic E-state index is 14.0. The lowest BCUT2D eigenvalue weighted by atomic mass is 9.48. The maximum atomic E-state index is 14.0. The molecule has 0 aromatic carbocycles. The van der Waals surface area contributed by atoms with Gasteiger partial charge in [-0.1, -0.05) is 0 Å². The molecule has 0 amide bonds. The van der Waals surface area contributed by atoms with Gasteiger partial charge in [0.05, 0.1) is 12.5 Å². The Labute approximate surface area is 141 Å². The van der Waals surface area contributed by atoms with E-state index in [2.05, 4.69) is 4.98 Å². The molecular weight excluding hydrogens is 342 g/mol. The van der Waals surface area contributed by atoms with Crippen LogP contribution >= 0.6 is 0 Å². The predicted molar refractivity (Wildman–Crippen MR) is 76.6 cm³/mol. The quantitative estimate of drug-likeness (QED) is 0.471. The summed E-state index contributed by atoms with van der Waals surface area (Å²) in [6.45, 7) is 0. The molecule has 0 spiro atoms. The smallest absolute Gasteiger partial charge is 0.311 e. The van der Waals surface area contributed by atoms with Gasteiger partial charge >= 0.3 is 5.97 Å². The van der Waals surface area contributed by atoms with Gasteiger partial charge in [0.1, 0.15) is 5.60 Å². The molecule has 4 nitrogen and oxygen atoms in total. The lowest BCUT2D eigenvalue weighted by Gasteiger charge is -2.60. The lowest BCUT2D eigenvalue weighted by molar-refractivity contribution is -0.188. The van der Waals surface area contributed by atoms with Crippen LogP contribution in [-0.2, 0) is 9.53 Å². The minimum atomic E-state index is -1.75. The average Bonchev–Trinajstić information content (AvgIpc) is 2.55. The molecule has 0 N–H and O–H groups in total. The van der Waals surface area contributed by atoms with Crippen LogP contribution in [0.15, 0.2) is 0 Å².